The fourth-order valence-electron chi connectivity index (χ4n) is 4.01. The van der Waals surface area contributed by atoms with Crippen molar-refractivity contribution in [3.63, 3.8) is 0 Å². The van der Waals surface area contributed by atoms with Crippen molar-refractivity contribution < 1.29 is 19.4 Å². The molecule has 2 aromatic carbocycles. The Hall–Kier alpha value is -3.27. The molecule has 0 aliphatic carbocycles. The van der Waals surface area contributed by atoms with Gasteiger partial charge >= 0.3 is 0 Å². The largest absolute Gasteiger partial charge is 0.503 e. The second kappa shape index (κ2) is 8.50. The zero-order valence-electron chi connectivity index (χ0n) is 18.3. The van der Waals surface area contributed by atoms with E-state index in [0.29, 0.717) is 37.6 Å². The Labute approximate surface area is 207 Å². The van der Waals surface area contributed by atoms with Gasteiger partial charge in [-0.25, -0.2) is 9.97 Å². The van der Waals surface area contributed by atoms with Crippen LogP contribution in [0.3, 0.4) is 0 Å². The average Bonchev–Trinajstić information content (AvgIpc) is 3.46. The summed E-state index contributed by atoms with van der Waals surface area (Å²) < 4.78 is 6.10. The quantitative estimate of drug-likeness (QED) is 0.340. The molecular weight excluding hydrogens is 494 g/mol. The average molecular weight is 512 g/mol. The third-order valence-electron chi connectivity index (χ3n) is 5.52. The number of ketones is 1. The van der Waals surface area contributed by atoms with Gasteiger partial charge in [0, 0.05) is 5.02 Å². The maximum absolute atomic E-state index is 13.6. The molecule has 34 heavy (non-hydrogen) atoms. The molecule has 1 amide bonds. The van der Waals surface area contributed by atoms with Crippen molar-refractivity contribution in [1.29, 1.82) is 0 Å². The number of fused-ring (bicyclic) bond motifs is 1. The SMILES string of the molecule is COc1ccc2nc(N3C(=O)C(O)=C(C(=O)c4sc(C)nc4C)C3c3cccc(Cl)c3)sc2c1. The molecule has 7 nitrogen and oxygen atoms in total. The first kappa shape index (κ1) is 22.5. The number of hydrogen-bond donors (Lipinski definition) is 1. The molecule has 1 aliphatic heterocycles. The third kappa shape index (κ3) is 3.66. The molecule has 5 rings (SSSR count). The number of aliphatic hydroxyl groups excluding tert-OH is 1. The molecule has 172 valence electrons. The van der Waals surface area contributed by atoms with E-state index in [9.17, 15) is 14.7 Å². The first-order valence-electron chi connectivity index (χ1n) is 10.2. The maximum Gasteiger partial charge on any atom is 0.296 e. The lowest BCUT2D eigenvalue weighted by Crippen LogP contribution is -2.31. The lowest BCUT2D eigenvalue weighted by Gasteiger charge is -2.24. The number of carbonyl (C=O) groups is 2. The molecule has 1 unspecified atom stereocenters. The van der Waals surface area contributed by atoms with Gasteiger partial charge in [-0.2, -0.15) is 0 Å². The number of amides is 1. The van der Waals surface area contributed by atoms with Crippen LogP contribution in [0.5, 0.6) is 5.75 Å². The second-order valence-electron chi connectivity index (χ2n) is 7.70. The second-order valence-corrected chi connectivity index (χ2v) is 10.4. The van der Waals surface area contributed by atoms with Crippen LogP contribution in [0.1, 0.15) is 32.0 Å². The summed E-state index contributed by atoms with van der Waals surface area (Å²) in [5, 5.41) is 12.5. The van der Waals surface area contributed by atoms with Gasteiger partial charge in [-0.3, -0.25) is 14.5 Å². The van der Waals surface area contributed by atoms with Gasteiger partial charge in [0.25, 0.3) is 5.91 Å². The Morgan fingerprint density at radius 2 is 1.94 bits per heavy atom. The van der Waals surface area contributed by atoms with Crippen LogP contribution in [0, 0.1) is 13.8 Å². The molecule has 0 bridgehead atoms. The van der Waals surface area contributed by atoms with Gasteiger partial charge < -0.3 is 9.84 Å². The molecule has 1 aliphatic rings. The molecule has 4 aromatic rings. The van der Waals surface area contributed by atoms with E-state index < -0.39 is 23.5 Å². The molecule has 0 fully saturated rings. The summed E-state index contributed by atoms with van der Waals surface area (Å²) in [6.07, 6.45) is 0. The first-order chi connectivity index (χ1) is 16.3. The smallest absolute Gasteiger partial charge is 0.296 e. The molecule has 2 aromatic heterocycles. The number of Topliss-reactive ketones (excluding diaryl/α,β-unsaturated/α-hetero) is 1. The van der Waals surface area contributed by atoms with E-state index in [-0.39, 0.29) is 5.57 Å². The van der Waals surface area contributed by atoms with E-state index in [0.717, 1.165) is 9.71 Å². The molecule has 3 heterocycles. The first-order valence-corrected chi connectivity index (χ1v) is 12.2. The highest BCUT2D eigenvalue weighted by Crippen LogP contribution is 2.45. The summed E-state index contributed by atoms with van der Waals surface area (Å²) in [4.78, 5) is 37.7. The number of hydrogen-bond acceptors (Lipinski definition) is 8. The number of methoxy groups -OCH3 is 1. The number of ether oxygens (including phenoxy) is 1. The number of carbonyl (C=O) groups excluding carboxylic acids is 2. The van der Waals surface area contributed by atoms with E-state index in [2.05, 4.69) is 9.97 Å². The van der Waals surface area contributed by atoms with Crippen LogP contribution in [0.4, 0.5) is 5.13 Å². The summed E-state index contributed by atoms with van der Waals surface area (Å²) >= 11 is 8.76. The highest BCUT2D eigenvalue weighted by atomic mass is 35.5. The topological polar surface area (TPSA) is 92.6 Å². The Kier molecular flexibility index (Phi) is 5.63. The van der Waals surface area contributed by atoms with Gasteiger partial charge in [0.05, 0.1) is 44.5 Å². The lowest BCUT2D eigenvalue weighted by atomic mass is 9.95. The van der Waals surface area contributed by atoms with Gasteiger partial charge in [0.15, 0.2) is 10.9 Å². The lowest BCUT2D eigenvalue weighted by molar-refractivity contribution is -0.117. The van der Waals surface area contributed by atoms with E-state index in [1.807, 2.05) is 6.07 Å². The number of aryl methyl sites for hydroxylation is 2. The maximum atomic E-state index is 13.6. The van der Waals surface area contributed by atoms with Crippen LogP contribution >= 0.6 is 34.3 Å². The molecule has 0 radical (unpaired) electrons. The molecule has 0 saturated carbocycles. The Bertz CT molecular complexity index is 1510. The van der Waals surface area contributed by atoms with Crippen LogP contribution in [-0.2, 0) is 4.79 Å². The number of aliphatic hydroxyl groups is 1. The summed E-state index contributed by atoms with van der Waals surface area (Å²) in [6, 6.07) is 11.4. The van der Waals surface area contributed by atoms with Gasteiger partial charge in [0.2, 0.25) is 5.78 Å². The van der Waals surface area contributed by atoms with Gasteiger partial charge in [0.1, 0.15) is 5.75 Å². The number of halogens is 1. The van der Waals surface area contributed by atoms with Crippen molar-refractivity contribution in [3.8, 4) is 5.75 Å². The van der Waals surface area contributed by atoms with E-state index in [1.54, 1.807) is 57.4 Å². The van der Waals surface area contributed by atoms with E-state index in [1.165, 1.54) is 27.6 Å². The summed E-state index contributed by atoms with van der Waals surface area (Å²) in [6.45, 7) is 3.54. The molecule has 0 saturated heterocycles. The fraction of sp³-hybridized carbons (Fsp3) is 0.167. The zero-order valence-corrected chi connectivity index (χ0v) is 20.7. The highest BCUT2D eigenvalue weighted by molar-refractivity contribution is 7.22. The predicted molar refractivity (Wildman–Crippen MR) is 133 cm³/mol. The molecular formula is C24H18ClN3O4S2. The van der Waals surface area contributed by atoms with Crippen LogP contribution in [0.15, 0.2) is 53.8 Å². The van der Waals surface area contributed by atoms with Gasteiger partial charge in [-0.05, 0) is 49.7 Å². The number of thiazole rings is 2. The van der Waals surface area contributed by atoms with Crippen molar-refractivity contribution >= 4 is 61.3 Å². The minimum atomic E-state index is -0.900. The van der Waals surface area contributed by atoms with Crippen molar-refractivity contribution in [2.75, 3.05) is 12.0 Å². The fourth-order valence-corrected chi connectivity index (χ4v) is 6.11. The van der Waals surface area contributed by atoms with Crippen molar-refractivity contribution in [1.82, 2.24) is 9.97 Å². The van der Waals surface area contributed by atoms with E-state index >= 15 is 0 Å². The normalized spacial score (nSPS) is 16.1. The minimum absolute atomic E-state index is 0.0177. The summed E-state index contributed by atoms with van der Waals surface area (Å²) in [5.41, 5.74) is 1.79. The third-order valence-corrected chi connectivity index (χ3v) is 7.84. The van der Waals surface area contributed by atoms with Crippen LogP contribution in [0.25, 0.3) is 10.2 Å². The number of rotatable bonds is 5. The summed E-state index contributed by atoms with van der Waals surface area (Å²) in [7, 11) is 1.57. The number of benzene rings is 2. The molecule has 1 N–H and O–H groups in total. The van der Waals surface area contributed by atoms with Crippen molar-refractivity contribution in [3.05, 3.63) is 80.0 Å². The monoisotopic (exact) mass is 511 g/mol. The van der Waals surface area contributed by atoms with Crippen molar-refractivity contribution in [2.45, 2.75) is 19.9 Å². The van der Waals surface area contributed by atoms with E-state index in [4.69, 9.17) is 16.3 Å². The Balaban J connectivity index is 1.69. The Morgan fingerprint density at radius 1 is 1.15 bits per heavy atom. The minimum Gasteiger partial charge on any atom is -0.503 e. The highest BCUT2D eigenvalue weighted by Gasteiger charge is 2.46. The molecule has 10 heteroatoms. The van der Waals surface area contributed by atoms with Crippen LogP contribution < -0.4 is 9.64 Å². The number of nitrogens with zero attached hydrogens (tertiary/aromatic N) is 3. The number of aromatic nitrogens is 2. The number of anilines is 1. The summed E-state index contributed by atoms with van der Waals surface area (Å²) in [5.74, 6) is -1.07. The molecule has 1 atom stereocenters. The van der Waals surface area contributed by atoms with Gasteiger partial charge in [-0.1, -0.05) is 35.1 Å². The van der Waals surface area contributed by atoms with Crippen molar-refractivity contribution in [2.24, 2.45) is 0 Å². The zero-order chi connectivity index (χ0) is 24.1. The standard InChI is InChI=1S/C24H18ClN3O4S2/c1-11-22(33-12(2)26-11)20(29)18-19(13-5-4-6-14(25)9-13)28(23(31)21(18)30)24-27-16-8-7-15(32-3)10-17(16)34-24/h4-10,19,30H,1-3H3. The molecule has 0 spiro atoms. The Morgan fingerprint density at radius 3 is 2.62 bits per heavy atom. The van der Waals surface area contributed by atoms with Gasteiger partial charge in [-0.15, -0.1) is 11.3 Å². The van der Waals surface area contributed by atoms with Crippen LogP contribution in [0.2, 0.25) is 5.02 Å². The predicted octanol–water partition coefficient (Wildman–Crippen LogP) is 5.81. The van der Waals surface area contributed by atoms with Crippen LogP contribution in [-0.4, -0.2) is 33.9 Å².